The molecule has 0 amide bonds. The fourth-order valence-corrected chi connectivity index (χ4v) is 4.11. The van der Waals surface area contributed by atoms with Crippen molar-refractivity contribution in [2.75, 3.05) is 24.5 Å². The maximum atomic E-state index is 12.6. The Morgan fingerprint density at radius 1 is 1.52 bits per heavy atom. The zero-order chi connectivity index (χ0) is 16.2. The lowest BCUT2D eigenvalue weighted by Gasteiger charge is -2.23. The molecule has 0 saturated carbocycles. The highest BCUT2D eigenvalue weighted by Crippen LogP contribution is 2.33. The molecule has 1 unspecified atom stereocenters. The number of sulfonamides is 1. The van der Waals surface area contributed by atoms with E-state index in [0.717, 1.165) is 4.31 Å². The number of hydrazine groups is 1. The zero-order valence-corrected chi connectivity index (χ0v) is 13.6. The fraction of sp³-hybridized carbons (Fsp3) is 0.455. The molecule has 0 spiro atoms. The average Bonchev–Trinajstić information content (AvgIpc) is 2.45. The van der Waals surface area contributed by atoms with Crippen LogP contribution in [0.4, 0.5) is 11.4 Å². The summed E-state index contributed by atoms with van der Waals surface area (Å²) in [6, 6.07) is 3.67. The molecule has 1 rings (SSSR count). The number of hydrogen-bond acceptors (Lipinski definition) is 7. The van der Waals surface area contributed by atoms with Crippen molar-refractivity contribution in [3.8, 4) is 0 Å². The molecule has 0 heterocycles. The molecule has 8 nitrogen and oxygen atoms in total. The summed E-state index contributed by atoms with van der Waals surface area (Å²) >= 11 is 1.50. The molecule has 1 aromatic carbocycles. The van der Waals surface area contributed by atoms with Gasteiger partial charge in [0.05, 0.1) is 4.92 Å². The number of nitro groups is 1. The minimum absolute atomic E-state index is 0.0491. The minimum Gasteiger partial charge on any atom is -0.318 e. The lowest BCUT2D eigenvalue weighted by molar-refractivity contribution is -0.386. The smallest absolute Gasteiger partial charge is 0.313 e. The van der Waals surface area contributed by atoms with Gasteiger partial charge in [-0.2, -0.15) is 16.1 Å². The topological polar surface area (TPSA) is 119 Å². The minimum atomic E-state index is -3.99. The largest absolute Gasteiger partial charge is 0.318 e. The van der Waals surface area contributed by atoms with Gasteiger partial charge in [0, 0.05) is 18.8 Å². The van der Waals surface area contributed by atoms with Crippen LogP contribution in [0.1, 0.15) is 6.92 Å². The van der Waals surface area contributed by atoms with Crippen molar-refractivity contribution < 1.29 is 13.3 Å². The molecule has 21 heavy (non-hydrogen) atoms. The molecule has 0 aliphatic carbocycles. The van der Waals surface area contributed by atoms with Crippen molar-refractivity contribution >= 4 is 33.2 Å². The first-order valence-corrected chi connectivity index (χ1v) is 8.81. The maximum absolute atomic E-state index is 12.6. The van der Waals surface area contributed by atoms with Crippen molar-refractivity contribution in [3.63, 3.8) is 0 Å². The highest BCUT2D eigenvalue weighted by molar-refractivity contribution is 7.98. The van der Waals surface area contributed by atoms with Gasteiger partial charge < -0.3 is 5.43 Å². The van der Waals surface area contributed by atoms with Crippen molar-refractivity contribution in [2.24, 2.45) is 5.84 Å². The molecule has 0 bridgehead atoms. The first-order valence-electron chi connectivity index (χ1n) is 5.98. The van der Waals surface area contributed by atoms with E-state index in [1.54, 1.807) is 6.92 Å². The lowest BCUT2D eigenvalue weighted by atomic mass is 10.3. The Labute approximate surface area is 127 Å². The number of benzene rings is 1. The highest BCUT2D eigenvalue weighted by atomic mass is 32.2. The van der Waals surface area contributed by atoms with Crippen LogP contribution in [0.25, 0.3) is 0 Å². The SMILES string of the molecule is CSCC(C)N(C)S(=O)(=O)c1cccc(NN)c1[N+](=O)[O-]. The third kappa shape index (κ3) is 3.64. The number of nitrogens with two attached hydrogens (primary N) is 1. The van der Waals surface area contributed by atoms with E-state index in [4.69, 9.17) is 5.84 Å². The van der Waals surface area contributed by atoms with Crippen LogP contribution in [0.2, 0.25) is 0 Å². The Bertz CT molecular complexity index is 621. The molecule has 118 valence electrons. The zero-order valence-electron chi connectivity index (χ0n) is 11.9. The monoisotopic (exact) mass is 334 g/mol. The number of nitrogens with one attached hydrogen (secondary N) is 1. The summed E-state index contributed by atoms with van der Waals surface area (Å²) < 4.78 is 26.3. The Balaban J connectivity index is 3.41. The van der Waals surface area contributed by atoms with Crippen LogP contribution >= 0.6 is 11.8 Å². The standard InChI is InChI=1S/C11H18N4O4S2/c1-8(7-20-3)14(2)21(18,19)10-6-4-5-9(13-12)11(10)15(16)17/h4-6,8,13H,7,12H2,1-3H3. The van der Waals surface area contributed by atoms with Crippen molar-refractivity contribution in [1.29, 1.82) is 0 Å². The van der Waals surface area contributed by atoms with Gasteiger partial charge in [-0.25, -0.2) is 8.42 Å². The van der Waals surface area contributed by atoms with Crippen molar-refractivity contribution in [2.45, 2.75) is 17.9 Å². The predicted molar refractivity (Wildman–Crippen MR) is 83.7 cm³/mol. The number of anilines is 1. The summed E-state index contributed by atoms with van der Waals surface area (Å²) in [7, 11) is -2.58. The second kappa shape index (κ2) is 7.07. The van der Waals surface area contributed by atoms with Crippen LogP contribution in [0.15, 0.2) is 23.1 Å². The summed E-state index contributed by atoms with van der Waals surface area (Å²) in [6.07, 6.45) is 1.86. The van der Waals surface area contributed by atoms with Gasteiger partial charge >= 0.3 is 5.69 Å². The second-order valence-corrected chi connectivity index (χ2v) is 7.26. The quantitative estimate of drug-likeness (QED) is 0.437. The van der Waals surface area contributed by atoms with E-state index in [2.05, 4.69) is 5.43 Å². The van der Waals surface area contributed by atoms with Crippen LogP contribution in [-0.4, -0.2) is 42.7 Å². The number of nitrogen functional groups attached to an aromatic ring is 1. The van der Waals surface area contributed by atoms with E-state index < -0.39 is 20.6 Å². The normalized spacial score (nSPS) is 13.2. The molecule has 0 aromatic heterocycles. The summed E-state index contributed by atoms with van der Waals surface area (Å²) in [4.78, 5) is 10.1. The van der Waals surface area contributed by atoms with Crippen LogP contribution in [0.3, 0.4) is 0 Å². The van der Waals surface area contributed by atoms with E-state index in [0.29, 0.717) is 5.75 Å². The second-order valence-electron chi connectivity index (χ2n) is 4.38. The molecule has 1 aromatic rings. The van der Waals surface area contributed by atoms with Gasteiger partial charge in [0.1, 0.15) is 5.69 Å². The number of nitro benzene ring substituents is 1. The van der Waals surface area contributed by atoms with Crippen molar-refractivity contribution in [1.82, 2.24) is 4.31 Å². The molecular formula is C11H18N4O4S2. The number of hydrogen-bond donors (Lipinski definition) is 2. The number of rotatable bonds is 7. The molecule has 0 radical (unpaired) electrons. The van der Waals surface area contributed by atoms with Gasteiger partial charge in [0.2, 0.25) is 10.0 Å². The molecule has 0 aliphatic rings. The third-order valence-corrected chi connectivity index (χ3v) is 5.84. The van der Waals surface area contributed by atoms with E-state index >= 15 is 0 Å². The molecule has 3 N–H and O–H groups in total. The number of nitrogens with zero attached hydrogens (tertiary/aromatic N) is 2. The first kappa shape index (κ1) is 17.7. The maximum Gasteiger partial charge on any atom is 0.313 e. The van der Waals surface area contributed by atoms with E-state index in [9.17, 15) is 18.5 Å². The van der Waals surface area contributed by atoms with Crippen LogP contribution < -0.4 is 11.3 Å². The highest BCUT2D eigenvalue weighted by Gasteiger charge is 2.33. The van der Waals surface area contributed by atoms with E-state index in [1.807, 2.05) is 6.26 Å². The van der Waals surface area contributed by atoms with Crippen LogP contribution in [0, 0.1) is 10.1 Å². The summed E-state index contributed by atoms with van der Waals surface area (Å²) in [6.45, 7) is 1.74. The molecule has 10 heteroatoms. The Morgan fingerprint density at radius 3 is 2.62 bits per heavy atom. The summed E-state index contributed by atoms with van der Waals surface area (Å²) in [5.41, 5.74) is 1.55. The van der Waals surface area contributed by atoms with Gasteiger partial charge in [0.25, 0.3) is 0 Å². The lowest BCUT2D eigenvalue weighted by Crippen LogP contribution is -2.37. The Hall–Kier alpha value is -1.36. The average molecular weight is 334 g/mol. The van der Waals surface area contributed by atoms with Gasteiger partial charge in [-0.1, -0.05) is 6.07 Å². The molecule has 1 atom stereocenters. The number of para-hydroxylation sites is 1. The predicted octanol–water partition coefficient (Wildman–Crippen LogP) is 1.25. The van der Waals surface area contributed by atoms with E-state index in [1.165, 1.54) is 37.0 Å². The van der Waals surface area contributed by atoms with Gasteiger partial charge in [-0.15, -0.1) is 0 Å². The Morgan fingerprint density at radius 2 is 2.14 bits per heavy atom. The van der Waals surface area contributed by atoms with Crippen LogP contribution in [0.5, 0.6) is 0 Å². The summed E-state index contributed by atoms with van der Waals surface area (Å²) in [5.74, 6) is 5.80. The summed E-state index contributed by atoms with van der Waals surface area (Å²) in [5, 5.41) is 11.2. The first-order chi connectivity index (χ1) is 9.77. The third-order valence-electron chi connectivity index (χ3n) is 3.02. The van der Waals surface area contributed by atoms with Gasteiger partial charge in [0.15, 0.2) is 4.90 Å². The molecule has 0 saturated heterocycles. The van der Waals surface area contributed by atoms with Crippen LogP contribution in [-0.2, 0) is 10.0 Å². The molecular weight excluding hydrogens is 316 g/mol. The van der Waals surface area contributed by atoms with Gasteiger partial charge in [-0.05, 0) is 25.3 Å². The fourth-order valence-electron chi connectivity index (χ4n) is 1.77. The van der Waals surface area contributed by atoms with Gasteiger partial charge in [-0.3, -0.25) is 16.0 Å². The Kier molecular flexibility index (Phi) is 5.96. The molecule has 0 fully saturated rings. The van der Waals surface area contributed by atoms with Crippen molar-refractivity contribution in [3.05, 3.63) is 28.3 Å². The van der Waals surface area contributed by atoms with E-state index in [-0.39, 0.29) is 16.6 Å². The number of thioether (sulfide) groups is 1. The molecule has 0 aliphatic heterocycles.